The van der Waals surface area contributed by atoms with Crippen molar-refractivity contribution in [2.75, 3.05) is 25.1 Å². The average molecular weight is 384 g/mol. The van der Waals surface area contributed by atoms with E-state index in [0.29, 0.717) is 42.4 Å². The summed E-state index contributed by atoms with van der Waals surface area (Å²) >= 11 is 0. The third-order valence-corrected chi connectivity index (χ3v) is 4.17. The van der Waals surface area contributed by atoms with Gasteiger partial charge in [-0.3, -0.25) is 9.59 Å². The van der Waals surface area contributed by atoms with Crippen molar-refractivity contribution < 1.29 is 19.1 Å². The molecule has 2 rings (SSSR count). The van der Waals surface area contributed by atoms with Crippen LogP contribution in [0, 0.1) is 0 Å². The van der Waals surface area contributed by atoms with Gasteiger partial charge in [-0.1, -0.05) is 19.1 Å². The van der Waals surface area contributed by atoms with E-state index in [2.05, 4.69) is 10.6 Å². The number of carbonyl (C=O) groups is 2. The second-order valence-corrected chi connectivity index (χ2v) is 6.39. The molecule has 0 saturated carbocycles. The molecule has 0 aliphatic rings. The molecule has 28 heavy (non-hydrogen) atoms. The number of rotatable bonds is 10. The summed E-state index contributed by atoms with van der Waals surface area (Å²) in [5.41, 5.74) is 1.54. The Balaban J connectivity index is 2.01. The van der Waals surface area contributed by atoms with Crippen LogP contribution in [0.2, 0.25) is 0 Å². The Labute approximate surface area is 166 Å². The fraction of sp³-hybridized carbons (Fsp3) is 0.364. The second-order valence-electron chi connectivity index (χ2n) is 6.39. The van der Waals surface area contributed by atoms with Crippen molar-refractivity contribution in [3.63, 3.8) is 0 Å². The molecule has 0 aromatic heterocycles. The maximum Gasteiger partial charge on any atom is 0.255 e. The number of ether oxygens (including phenoxy) is 2. The van der Waals surface area contributed by atoms with Gasteiger partial charge in [0.15, 0.2) is 0 Å². The van der Waals surface area contributed by atoms with Crippen LogP contribution < -0.4 is 15.4 Å². The largest absolute Gasteiger partial charge is 0.491 e. The molecule has 0 spiro atoms. The summed E-state index contributed by atoms with van der Waals surface area (Å²) in [6.07, 6.45) is 0.852. The third kappa shape index (κ3) is 6.70. The predicted molar refractivity (Wildman–Crippen MR) is 110 cm³/mol. The molecule has 2 aromatic carbocycles. The van der Waals surface area contributed by atoms with E-state index in [9.17, 15) is 9.59 Å². The van der Waals surface area contributed by atoms with E-state index in [1.54, 1.807) is 48.5 Å². The van der Waals surface area contributed by atoms with Crippen LogP contribution in [-0.2, 0) is 4.74 Å². The Morgan fingerprint density at radius 2 is 1.68 bits per heavy atom. The molecule has 0 saturated heterocycles. The maximum atomic E-state index is 12.6. The first-order valence-corrected chi connectivity index (χ1v) is 9.56. The van der Waals surface area contributed by atoms with Crippen LogP contribution in [0.4, 0.5) is 5.69 Å². The van der Waals surface area contributed by atoms with Gasteiger partial charge in [-0.25, -0.2) is 0 Å². The molecule has 0 heterocycles. The highest BCUT2D eigenvalue weighted by molar-refractivity contribution is 6.05. The first-order valence-electron chi connectivity index (χ1n) is 9.56. The number of carbonyl (C=O) groups excluding carboxylic acids is 2. The van der Waals surface area contributed by atoms with E-state index in [-0.39, 0.29) is 17.9 Å². The first-order chi connectivity index (χ1) is 13.5. The Bertz CT molecular complexity index is 792. The number of hydrogen-bond acceptors (Lipinski definition) is 4. The summed E-state index contributed by atoms with van der Waals surface area (Å²) in [5, 5.41) is 5.74. The summed E-state index contributed by atoms with van der Waals surface area (Å²) < 4.78 is 10.8. The highest BCUT2D eigenvalue weighted by atomic mass is 16.5. The molecule has 6 heteroatoms. The van der Waals surface area contributed by atoms with E-state index in [1.807, 2.05) is 20.8 Å². The predicted octanol–water partition coefficient (Wildman–Crippen LogP) is 3.88. The van der Waals surface area contributed by atoms with Crippen LogP contribution in [0.1, 0.15) is 47.9 Å². The van der Waals surface area contributed by atoms with Crippen molar-refractivity contribution >= 4 is 17.5 Å². The summed E-state index contributed by atoms with van der Waals surface area (Å²) in [6, 6.07) is 13.9. The molecular weight excluding hydrogens is 356 g/mol. The molecule has 1 atom stereocenters. The number of nitrogens with one attached hydrogen (secondary N) is 2. The van der Waals surface area contributed by atoms with E-state index >= 15 is 0 Å². The number of amides is 2. The molecule has 0 fully saturated rings. The van der Waals surface area contributed by atoms with Crippen molar-refractivity contribution in [3.8, 4) is 5.75 Å². The van der Waals surface area contributed by atoms with E-state index in [4.69, 9.17) is 9.47 Å². The minimum atomic E-state index is -0.269. The van der Waals surface area contributed by atoms with Crippen molar-refractivity contribution in [2.24, 2.45) is 0 Å². The summed E-state index contributed by atoms with van der Waals surface area (Å²) in [7, 11) is 0. The first kappa shape index (κ1) is 21.4. The van der Waals surface area contributed by atoms with Crippen LogP contribution in [0.3, 0.4) is 0 Å². The highest BCUT2D eigenvalue weighted by Gasteiger charge is 2.11. The van der Waals surface area contributed by atoms with Gasteiger partial charge in [-0.15, -0.1) is 0 Å². The number of benzene rings is 2. The Hall–Kier alpha value is -2.86. The molecular formula is C22H28N2O4. The zero-order valence-corrected chi connectivity index (χ0v) is 16.7. The molecule has 1 unspecified atom stereocenters. The van der Waals surface area contributed by atoms with Crippen LogP contribution in [0.5, 0.6) is 5.75 Å². The molecule has 0 aliphatic heterocycles. The number of hydrogen-bond donors (Lipinski definition) is 2. The SMILES string of the molecule is CCOCCOc1cccc(C(=O)Nc2cccc(C(=O)NC(C)CC)c2)c1. The van der Waals surface area contributed by atoms with E-state index in [0.717, 1.165) is 6.42 Å². The highest BCUT2D eigenvalue weighted by Crippen LogP contribution is 2.16. The molecule has 2 amide bonds. The van der Waals surface area contributed by atoms with Gasteiger partial charge in [0.1, 0.15) is 12.4 Å². The van der Waals surface area contributed by atoms with Crippen LogP contribution in [0.25, 0.3) is 0 Å². The van der Waals surface area contributed by atoms with Gasteiger partial charge in [-0.05, 0) is 56.7 Å². The molecule has 0 aliphatic carbocycles. The van der Waals surface area contributed by atoms with Crippen molar-refractivity contribution in [2.45, 2.75) is 33.2 Å². The topological polar surface area (TPSA) is 76.7 Å². The van der Waals surface area contributed by atoms with Crippen molar-refractivity contribution in [3.05, 3.63) is 59.7 Å². The van der Waals surface area contributed by atoms with Gasteiger partial charge in [0, 0.05) is 29.5 Å². The minimum absolute atomic E-state index is 0.0937. The zero-order valence-electron chi connectivity index (χ0n) is 16.7. The fourth-order valence-corrected chi connectivity index (χ4v) is 2.44. The Morgan fingerprint density at radius 3 is 2.39 bits per heavy atom. The molecule has 2 aromatic rings. The van der Waals surface area contributed by atoms with Gasteiger partial charge >= 0.3 is 0 Å². The summed E-state index contributed by atoms with van der Waals surface area (Å²) in [4.78, 5) is 24.8. The summed E-state index contributed by atoms with van der Waals surface area (Å²) in [6.45, 7) is 7.45. The molecule has 150 valence electrons. The normalized spacial score (nSPS) is 11.5. The van der Waals surface area contributed by atoms with Gasteiger partial charge in [0.2, 0.25) is 0 Å². The number of anilines is 1. The van der Waals surface area contributed by atoms with Gasteiger partial charge in [0.05, 0.1) is 6.61 Å². The van der Waals surface area contributed by atoms with Crippen molar-refractivity contribution in [1.82, 2.24) is 5.32 Å². The fourth-order valence-electron chi connectivity index (χ4n) is 2.44. The lowest BCUT2D eigenvalue weighted by Gasteiger charge is -2.12. The summed E-state index contributed by atoms with van der Waals surface area (Å²) in [5.74, 6) is 0.180. The minimum Gasteiger partial charge on any atom is -0.491 e. The maximum absolute atomic E-state index is 12.6. The third-order valence-electron chi connectivity index (χ3n) is 4.17. The van der Waals surface area contributed by atoms with Crippen LogP contribution >= 0.6 is 0 Å². The van der Waals surface area contributed by atoms with Gasteiger partial charge in [-0.2, -0.15) is 0 Å². The Kier molecular flexibility index (Phi) is 8.49. The monoisotopic (exact) mass is 384 g/mol. The average Bonchev–Trinajstić information content (AvgIpc) is 2.71. The molecule has 2 N–H and O–H groups in total. The lowest BCUT2D eigenvalue weighted by Crippen LogP contribution is -2.31. The lowest BCUT2D eigenvalue weighted by atomic mass is 10.1. The Morgan fingerprint density at radius 1 is 0.964 bits per heavy atom. The van der Waals surface area contributed by atoms with Gasteiger partial charge < -0.3 is 20.1 Å². The van der Waals surface area contributed by atoms with E-state index < -0.39 is 0 Å². The van der Waals surface area contributed by atoms with E-state index in [1.165, 1.54) is 0 Å². The van der Waals surface area contributed by atoms with Crippen molar-refractivity contribution in [1.29, 1.82) is 0 Å². The lowest BCUT2D eigenvalue weighted by molar-refractivity contribution is 0.0938. The second kappa shape index (κ2) is 11.1. The molecule has 0 bridgehead atoms. The quantitative estimate of drug-likeness (QED) is 0.610. The standard InChI is InChI=1S/C22H28N2O4/c1-4-16(3)23-21(25)17-8-6-10-19(14-17)24-22(26)18-9-7-11-20(15-18)28-13-12-27-5-2/h6-11,14-16H,4-5,12-13H2,1-3H3,(H,23,25)(H,24,26). The molecule has 0 radical (unpaired) electrons. The molecule has 6 nitrogen and oxygen atoms in total. The zero-order chi connectivity index (χ0) is 20.4. The smallest absolute Gasteiger partial charge is 0.255 e. The van der Waals surface area contributed by atoms with Crippen LogP contribution in [-0.4, -0.2) is 37.7 Å². The van der Waals surface area contributed by atoms with Crippen LogP contribution in [0.15, 0.2) is 48.5 Å². The van der Waals surface area contributed by atoms with Gasteiger partial charge in [0.25, 0.3) is 11.8 Å².